The van der Waals surface area contributed by atoms with E-state index in [-0.39, 0.29) is 5.75 Å². The van der Waals surface area contributed by atoms with Gasteiger partial charge in [0.2, 0.25) is 0 Å². The van der Waals surface area contributed by atoms with Crippen LogP contribution in [-0.2, 0) is 0 Å². The van der Waals surface area contributed by atoms with Crippen molar-refractivity contribution in [3.8, 4) is 17.6 Å². The number of hydrogen-bond donors (Lipinski definition) is 1. The fraction of sp³-hybridized carbons (Fsp3) is 0.125. The van der Waals surface area contributed by atoms with E-state index >= 15 is 0 Å². The lowest BCUT2D eigenvalue weighted by Gasteiger charge is -2.08. The summed E-state index contributed by atoms with van der Waals surface area (Å²) < 4.78 is 63.4. The number of benzene rings is 2. The molecule has 2 aromatic rings. The molecule has 0 aliphatic heterocycles. The number of hydrogen-bond acceptors (Lipinski definition) is 5. The van der Waals surface area contributed by atoms with E-state index in [4.69, 9.17) is 5.26 Å². The average Bonchev–Trinajstić information content (AvgIpc) is 2.55. The van der Waals surface area contributed by atoms with Gasteiger partial charge in [-0.05, 0) is 7.05 Å². The Bertz CT molecular complexity index is 789. The first-order chi connectivity index (χ1) is 11.9. The van der Waals surface area contributed by atoms with Crippen molar-refractivity contribution in [2.75, 3.05) is 14.2 Å². The SMILES string of the molecule is CN.COc1cc(F)c(C(=O)Oc2cc(F)c(C#N)c(F)c2)c(F)c1. The van der Waals surface area contributed by atoms with Crippen LogP contribution in [0.3, 0.4) is 0 Å². The molecule has 0 atom stereocenters. The van der Waals surface area contributed by atoms with Gasteiger partial charge >= 0.3 is 5.97 Å². The number of rotatable bonds is 3. The van der Waals surface area contributed by atoms with E-state index in [9.17, 15) is 22.4 Å². The minimum atomic E-state index is -1.49. The largest absolute Gasteiger partial charge is 0.497 e. The standard InChI is InChI=1S/C15H7F4NO3.CH5N/c1-22-7-2-12(18)14(13(19)3-7)15(21)23-8-4-10(16)9(6-20)11(17)5-8;1-2/h2-5H,1H3;2H2,1H3. The summed E-state index contributed by atoms with van der Waals surface area (Å²) in [4.78, 5) is 11.8. The summed E-state index contributed by atoms with van der Waals surface area (Å²) in [7, 11) is 2.68. The summed E-state index contributed by atoms with van der Waals surface area (Å²) in [5.41, 5.74) is 2.59. The Balaban J connectivity index is 0.00000151. The third-order valence-corrected chi connectivity index (χ3v) is 2.79. The molecule has 0 aliphatic rings. The van der Waals surface area contributed by atoms with Gasteiger partial charge in [-0.15, -0.1) is 0 Å². The van der Waals surface area contributed by atoms with Crippen LogP contribution < -0.4 is 15.2 Å². The third kappa shape index (κ3) is 4.45. The van der Waals surface area contributed by atoms with Gasteiger partial charge in [0.15, 0.2) is 0 Å². The highest BCUT2D eigenvalue weighted by Gasteiger charge is 2.22. The molecule has 0 radical (unpaired) electrons. The van der Waals surface area contributed by atoms with Gasteiger partial charge in [0.1, 0.15) is 52.0 Å². The molecule has 2 N–H and O–H groups in total. The molecule has 0 unspecified atom stereocenters. The van der Waals surface area contributed by atoms with Crippen LogP contribution in [0.15, 0.2) is 24.3 Å². The van der Waals surface area contributed by atoms with Gasteiger partial charge in [-0.1, -0.05) is 0 Å². The molecule has 2 rings (SSSR count). The van der Waals surface area contributed by atoms with Crippen molar-refractivity contribution in [2.45, 2.75) is 0 Å². The Morgan fingerprint density at radius 3 is 1.80 bits per heavy atom. The van der Waals surface area contributed by atoms with Crippen molar-refractivity contribution in [1.82, 2.24) is 0 Å². The average molecular weight is 356 g/mol. The fourth-order valence-electron chi connectivity index (χ4n) is 1.74. The van der Waals surface area contributed by atoms with E-state index in [1.165, 1.54) is 20.2 Å². The van der Waals surface area contributed by atoms with Crippen LogP contribution in [0.1, 0.15) is 15.9 Å². The van der Waals surface area contributed by atoms with Crippen LogP contribution in [0.4, 0.5) is 17.6 Å². The lowest BCUT2D eigenvalue weighted by atomic mass is 10.2. The second kappa shape index (κ2) is 8.65. The second-order valence-electron chi connectivity index (χ2n) is 4.23. The zero-order valence-electron chi connectivity index (χ0n) is 13.1. The quantitative estimate of drug-likeness (QED) is 0.519. The first kappa shape index (κ1) is 19.9. The van der Waals surface area contributed by atoms with Crippen LogP contribution in [0.2, 0.25) is 0 Å². The summed E-state index contributed by atoms with van der Waals surface area (Å²) in [5, 5.41) is 8.52. The monoisotopic (exact) mass is 356 g/mol. The van der Waals surface area contributed by atoms with Crippen molar-refractivity contribution in [1.29, 1.82) is 5.26 Å². The maximum atomic E-state index is 13.7. The number of ether oxygens (including phenoxy) is 2. The van der Waals surface area contributed by atoms with E-state index in [1.54, 1.807) is 0 Å². The number of nitriles is 1. The molecule has 0 saturated carbocycles. The lowest BCUT2D eigenvalue weighted by molar-refractivity contribution is 0.0723. The van der Waals surface area contributed by atoms with Gasteiger partial charge in [-0.25, -0.2) is 22.4 Å². The Morgan fingerprint density at radius 1 is 0.960 bits per heavy atom. The summed E-state index contributed by atoms with van der Waals surface area (Å²) in [6.07, 6.45) is 0. The fourth-order valence-corrected chi connectivity index (χ4v) is 1.74. The maximum absolute atomic E-state index is 13.7. The Labute approximate surface area is 140 Å². The zero-order valence-corrected chi connectivity index (χ0v) is 13.1. The smallest absolute Gasteiger partial charge is 0.349 e. The van der Waals surface area contributed by atoms with E-state index < -0.39 is 46.1 Å². The third-order valence-electron chi connectivity index (χ3n) is 2.79. The predicted octanol–water partition coefficient (Wildman–Crippen LogP) is 2.92. The van der Waals surface area contributed by atoms with Crippen molar-refractivity contribution >= 4 is 5.97 Å². The van der Waals surface area contributed by atoms with Crippen molar-refractivity contribution in [3.05, 3.63) is 58.7 Å². The van der Waals surface area contributed by atoms with Crippen LogP contribution in [0.5, 0.6) is 11.5 Å². The van der Waals surface area contributed by atoms with E-state index in [1.807, 2.05) is 0 Å². The van der Waals surface area contributed by atoms with Gasteiger partial charge in [0, 0.05) is 24.3 Å². The number of esters is 1. The Hall–Kier alpha value is -3.12. The van der Waals surface area contributed by atoms with Gasteiger partial charge in [0.25, 0.3) is 0 Å². The molecule has 0 aliphatic carbocycles. The molecule has 0 spiro atoms. The van der Waals surface area contributed by atoms with Crippen molar-refractivity contribution in [2.24, 2.45) is 5.73 Å². The molecule has 0 bridgehead atoms. The number of carbonyl (C=O) groups is 1. The molecule has 25 heavy (non-hydrogen) atoms. The van der Waals surface area contributed by atoms with Crippen molar-refractivity contribution in [3.63, 3.8) is 0 Å². The van der Waals surface area contributed by atoms with Crippen LogP contribution >= 0.6 is 0 Å². The van der Waals surface area contributed by atoms with Crippen LogP contribution in [0, 0.1) is 34.6 Å². The predicted molar refractivity (Wildman–Crippen MR) is 79.1 cm³/mol. The molecule has 0 amide bonds. The van der Waals surface area contributed by atoms with Gasteiger partial charge in [0.05, 0.1) is 7.11 Å². The van der Waals surface area contributed by atoms with E-state index in [2.05, 4.69) is 15.2 Å². The molecule has 0 saturated heterocycles. The Kier molecular flexibility index (Phi) is 6.90. The Morgan fingerprint density at radius 2 is 1.40 bits per heavy atom. The highest BCUT2D eigenvalue weighted by molar-refractivity contribution is 5.91. The number of nitrogens with zero attached hydrogens (tertiary/aromatic N) is 1. The molecule has 0 aromatic heterocycles. The second-order valence-corrected chi connectivity index (χ2v) is 4.23. The molecular weight excluding hydrogens is 344 g/mol. The summed E-state index contributed by atoms with van der Waals surface area (Å²) in [6.45, 7) is 0. The molecule has 9 heteroatoms. The first-order valence-electron chi connectivity index (χ1n) is 6.59. The summed E-state index contributed by atoms with van der Waals surface area (Å²) in [6, 6.07) is 3.89. The maximum Gasteiger partial charge on any atom is 0.349 e. The van der Waals surface area contributed by atoms with E-state index in [0.29, 0.717) is 12.1 Å². The molecule has 0 fully saturated rings. The number of methoxy groups -OCH3 is 1. The summed E-state index contributed by atoms with van der Waals surface area (Å²) in [5.74, 6) is -7.36. The number of carbonyl (C=O) groups excluding carboxylic acids is 1. The first-order valence-corrected chi connectivity index (χ1v) is 6.59. The number of nitrogens with two attached hydrogens (primary N) is 1. The molecular formula is C16H12F4N2O3. The van der Waals surface area contributed by atoms with Crippen LogP contribution in [-0.4, -0.2) is 20.1 Å². The molecule has 2 aromatic carbocycles. The molecule has 0 heterocycles. The highest BCUT2D eigenvalue weighted by Crippen LogP contribution is 2.24. The molecule has 132 valence electrons. The van der Waals surface area contributed by atoms with Gasteiger partial charge < -0.3 is 15.2 Å². The number of halogens is 4. The minimum Gasteiger partial charge on any atom is -0.497 e. The molecule has 5 nitrogen and oxygen atoms in total. The van der Waals surface area contributed by atoms with E-state index in [0.717, 1.165) is 12.1 Å². The van der Waals surface area contributed by atoms with Gasteiger partial charge in [-0.3, -0.25) is 0 Å². The van der Waals surface area contributed by atoms with Crippen molar-refractivity contribution < 1.29 is 31.8 Å². The lowest BCUT2D eigenvalue weighted by Crippen LogP contribution is -2.14. The minimum absolute atomic E-state index is 0.160. The normalized spacial score (nSPS) is 9.52. The highest BCUT2D eigenvalue weighted by atomic mass is 19.1. The van der Waals surface area contributed by atoms with Gasteiger partial charge in [-0.2, -0.15) is 5.26 Å². The van der Waals surface area contributed by atoms with Crippen LogP contribution in [0.25, 0.3) is 0 Å². The summed E-state index contributed by atoms with van der Waals surface area (Å²) >= 11 is 0. The topological polar surface area (TPSA) is 85.3 Å². The zero-order chi connectivity index (χ0) is 19.1.